The van der Waals surface area contributed by atoms with Crippen molar-refractivity contribution in [1.82, 2.24) is 16.0 Å². The van der Waals surface area contributed by atoms with Crippen LogP contribution in [0.15, 0.2) is 30.3 Å². The number of carboxylic acid groups (broad SMARTS) is 1. The molecule has 0 unspecified atom stereocenters. The van der Waals surface area contributed by atoms with Crippen molar-refractivity contribution in [2.45, 2.75) is 63.1 Å². The van der Waals surface area contributed by atoms with Gasteiger partial charge in [-0.25, -0.2) is 4.79 Å². The number of carbonyl (C=O) groups is 4. The van der Waals surface area contributed by atoms with Crippen molar-refractivity contribution < 1.29 is 24.3 Å². The van der Waals surface area contributed by atoms with Gasteiger partial charge in [-0.2, -0.15) is 0 Å². The fraction of sp³-hybridized carbons (Fsp3) is 0.524. The summed E-state index contributed by atoms with van der Waals surface area (Å²) >= 11 is 0. The first-order valence-corrected chi connectivity index (χ1v) is 10.1. The zero-order valence-corrected chi connectivity index (χ0v) is 16.2. The van der Waals surface area contributed by atoms with E-state index in [-0.39, 0.29) is 18.2 Å². The number of hydrogen-bond acceptors (Lipinski definition) is 4. The van der Waals surface area contributed by atoms with Gasteiger partial charge in [0.1, 0.15) is 18.1 Å². The van der Waals surface area contributed by atoms with Gasteiger partial charge in [0, 0.05) is 6.42 Å². The number of piperazine rings is 1. The van der Waals surface area contributed by atoms with Crippen LogP contribution in [0.2, 0.25) is 0 Å². The van der Waals surface area contributed by atoms with Crippen LogP contribution in [0.1, 0.15) is 44.1 Å². The SMILES string of the molecule is O=C(C[C@@H]1NC(=O)[C@H](Cc2ccccc2)NC1=O)N[C@@H](C(=O)O)C1CCCCC1. The van der Waals surface area contributed by atoms with Crippen molar-refractivity contribution >= 4 is 23.7 Å². The summed E-state index contributed by atoms with van der Waals surface area (Å²) in [6, 6.07) is 6.67. The highest BCUT2D eigenvalue weighted by atomic mass is 16.4. The molecular formula is C21H27N3O5. The van der Waals surface area contributed by atoms with Gasteiger partial charge in [-0.3, -0.25) is 14.4 Å². The monoisotopic (exact) mass is 401 g/mol. The van der Waals surface area contributed by atoms with Gasteiger partial charge in [0.05, 0.1) is 6.42 Å². The summed E-state index contributed by atoms with van der Waals surface area (Å²) in [5.41, 5.74) is 0.918. The highest BCUT2D eigenvalue weighted by molar-refractivity contribution is 5.99. The Morgan fingerprint density at radius 2 is 1.62 bits per heavy atom. The topological polar surface area (TPSA) is 125 Å². The first-order valence-electron chi connectivity index (χ1n) is 10.1. The van der Waals surface area contributed by atoms with E-state index in [2.05, 4.69) is 16.0 Å². The van der Waals surface area contributed by atoms with Crippen LogP contribution in [-0.2, 0) is 25.6 Å². The Morgan fingerprint density at radius 1 is 1.00 bits per heavy atom. The van der Waals surface area contributed by atoms with Gasteiger partial charge in [-0.15, -0.1) is 0 Å². The van der Waals surface area contributed by atoms with E-state index in [1.165, 1.54) is 0 Å². The second-order valence-corrected chi connectivity index (χ2v) is 7.80. The van der Waals surface area contributed by atoms with Gasteiger partial charge in [-0.05, 0) is 24.3 Å². The number of carbonyl (C=O) groups excluding carboxylic acids is 3. The van der Waals surface area contributed by atoms with E-state index in [4.69, 9.17) is 0 Å². The summed E-state index contributed by atoms with van der Waals surface area (Å²) in [5.74, 6) is -2.51. The number of nitrogens with one attached hydrogen (secondary N) is 3. The smallest absolute Gasteiger partial charge is 0.326 e. The first kappa shape index (κ1) is 20.8. The van der Waals surface area contributed by atoms with Crippen molar-refractivity contribution in [2.24, 2.45) is 5.92 Å². The molecule has 3 amide bonds. The first-order chi connectivity index (χ1) is 13.9. The molecule has 1 aromatic carbocycles. The number of aliphatic carboxylic acids is 1. The second-order valence-electron chi connectivity index (χ2n) is 7.80. The summed E-state index contributed by atoms with van der Waals surface area (Å²) in [7, 11) is 0. The van der Waals surface area contributed by atoms with E-state index in [1.807, 2.05) is 30.3 Å². The molecule has 1 heterocycles. The van der Waals surface area contributed by atoms with Gasteiger partial charge < -0.3 is 21.1 Å². The van der Waals surface area contributed by atoms with Crippen LogP contribution < -0.4 is 16.0 Å². The Kier molecular flexibility index (Phi) is 6.85. The predicted octanol–water partition coefficient (Wildman–Crippen LogP) is 0.752. The molecule has 29 heavy (non-hydrogen) atoms. The third-order valence-corrected chi connectivity index (χ3v) is 5.64. The average molecular weight is 401 g/mol. The number of hydrogen-bond donors (Lipinski definition) is 4. The zero-order valence-electron chi connectivity index (χ0n) is 16.2. The molecule has 1 saturated carbocycles. The van der Waals surface area contributed by atoms with E-state index in [0.29, 0.717) is 6.42 Å². The van der Waals surface area contributed by atoms with Crippen molar-refractivity contribution in [3.63, 3.8) is 0 Å². The van der Waals surface area contributed by atoms with Gasteiger partial charge in [0.2, 0.25) is 17.7 Å². The Morgan fingerprint density at radius 3 is 2.28 bits per heavy atom. The van der Waals surface area contributed by atoms with Crippen LogP contribution in [0.25, 0.3) is 0 Å². The maximum atomic E-state index is 12.4. The molecule has 0 spiro atoms. The lowest BCUT2D eigenvalue weighted by Crippen LogP contribution is -2.63. The second kappa shape index (κ2) is 9.54. The van der Waals surface area contributed by atoms with E-state index in [0.717, 1.165) is 37.7 Å². The van der Waals surface area contributed by atoms with Gasteiger partial charge in [0.15, 0.2) is 0 Å². The molecule has 4 N–H and O–H groups in total. The Balaban J connectivity index is 1.54. The predicted molar refractivity (Wildman–Crippen MR) is 105 cm³/mol. The Labute approximate surface area is 169 Å². The molecule has 1 saturated heterocycles. The summed E-state index contributed by atoms with van der Waals surface area (Å²) in [5, 5.41) is 17.3. The molecule has 1 aliphatic heterocycles. The van der Waals surface area contributed by atoms with Crippen molar-refractivity contribution in [3.05, 3.63) is 35.9 Å². The fourth-order valence-electron chi connectivity index (χ4n) is 4.08. The molecular weight excluding hydrogens is 374 g/mol. The van der Waals surface area contributed by atoms with Gasteiger partial charge in [-0.1, -0.05) is 49.6 Å². The molecule has 2 fully saturated rings. The molecule has 3 atom stereocenters. The zero-order chi connectivity index (χ0) is 20.8. The third-order valence-electron chi connectivity index (χ3n) is 5.64. The van der Waals surface area contributed by atoms with Gasteiger partial charge >= 0.3 is 5.97 Å². The molecule has 1 aromatic rings. The molecule has 1 aliphatic carbocycles. The normalized spacial score (nSPS) is 23.6. The molecule has 3 rings (SSSR count). The highest BCUT2D eigenvalue weighted by Gasteiger charge is 2.36. The summed E-state index contributed by atoms with van der Waals surface area (Å²) in [4.78, 5) is 48.7. The van der Waals surface area contributed by atoms with Crippen LogP contribution in [0, 0.1) is 5.92 Å². The molecule has 0 radical (unpaired) electrons. The number of carboxylic acids is 1. The minimum absolute atomic E-state index is 0.102. The number of rotatable bonds is 7. The average Bonchev–Trinajstić information content (AvgIpc) is 2.71. The Hall–Kier alpha value is -2.90. The van der Waals surface area contributed by atoms with Crippen LogP contribution >= 0.6 is 0 Å². The molecule has 0 bridgehead atoms. The van der Waals surface area contributed by atoms with E-state index in [1.54, 1.807) is 0 Å². The summed E-state index contributed by atoms with van der Waals surface area (Å²) in [6.07, 6.45) is 4.59. The Bertz CT molecular complexity index is 761. The minimum Gasteiger partial charge on any atom is -0.480 e. The number of benzene rings is 1. The molecule has 0 aromatic heterocycles. The van der Waals surface area contributed by atoms with Gasteiger partial charge in [0.25, 0.3) is 0 Å². The van der Waals surface area contributed by atoms with Crippen molar-refractivity contribution in [3.8, 4) is 0 Å². The maximum absolute atomic E-state index is 12.4. The van der Waals surface area contributed by atoms with Crippen LogP contribution in [0.4, 0.5) is 0 Å². The largest absolute Gasteiger partial charge is 0.480 e. The molecule has 2 aliphatic rings. The lowest BCUT2D eigenvalue weighted by Gasteiger charge is -2.31. The molecule has 8 heteroatoms. The van der Waals surface area contributed by atoms with E-state index in [9.17, 15) is 24.3 Å². The van der Waals surface area contributed by atoms with E-state index < -0.39 is 35.9 Å². The molecule has 8 nitrogen and oxygen atoms in total. The lowest BCUT2D eigenvalue weighted by molar-refractivity contribution is -0.144. The van der Waals surface area contributed by atoms with Crippen LogP contribution in [0.3, 0.4) is 0 Å². The maximum Gasteiger partial charge on any atom is 0.326 e. The summed E-state index contributed by atoms with van der Waals surface area (Å²) in [6.45, 7) is 0. The standard InChI is InChI=1S/C21H27N3O5/c25-17(24-18(21(28)29)14-9-5-2-6-10-14)12-16-20(27)22-15(19(26)23-16)11-13-7-3-1-4-8-13/h1,3-4,7-8,14-16,18H,2,5-6,9-12H2,(H,22,27)(H,23,26)(H,24,25)(H,28,29)/t15-,16-,18+/m0/s1. The summed E-state index contributed by atoms with van der Waals surface area (Å²) < 4.78 is 0. The minimum atomic E-state index is -1.06. The van der Waals surface area contributed by atoms with Crippen LogP contribution in [0.5, 0.6) is 0 Å². The van der Waals surface area contributed by atoms with E-state index >= 15 is 0 Å². The fourth-order valence-corrected chi connectivity index (χ4v) is 4.08. The quantitative estimate of drug-likeness (QED) is 0.537. The highest BCUT2D eigenvalue weighted by Crippen LogP contribution is 2.26. The number of amides is 3. The van der Waals surface area contributed by atoms with Crippen LogP contribution in [-0.4, -0.2) is 46.9 Å². The lowest BCUT2D eigenvalue weighted by atomic mass is 9.84. The van der Waals surface area contributed by atoms with Crippen molar-refractivity contribution in [2.75, 3.05) is 0 Å². The van der Waals surface area contributed by atoms with Crippen molar-refractivity contribution in [1.29, 1.82) is 0 Å². The molecule has 156 valence electrons. The third kappa shape index (κ3) is 5.56.